The fraction of sp³-hybridized carbons (Fsp3) is 0.512. The lowest BCUT2D eigenvalue weighted by Gasteiger charge is -2.24. The molecular weight excluding hydrogens is 1160 g/mol. The molecule has 0 heterocycles. The van der Waals surface area contributed by atoms with Crippen molar-refractivity contribution in [3.8, 4) is 0 Å². The Bertz CT molecular complexity index is 2400. The zero-order chi connectivity index (χ0) is 66.9. The lowest BCUT2D eigenvalue weighted by Crippen LogP contribution is -2.37. The maximum Gasteiger partial charge on any atom is 0.472 e. The molecule has 1 N–H and O–H groups in total. The monoisotopic (exact) mass is 1280 g/mol. The van der Waals surface area contributed by atoms with Crippen molar-refractivity contribution < 1.29 is 42.1 Å². The van der Waals surface area contributed by atoms with Gasteiger partial charge in [-0.05, 0) is 161 Å². The number of nitrogens with zero attached hydrogens (tertiary/aromatic N) is 1. The van der Waals surface area contributed by atoms with Crippen LogP contribution in [0.4, 0.5) is 0 Å². The molecule has 0 spiro atoms. The van der Waals surface area contributed by atoms with E-state index in [0.29, 0.717) is 23.9 Å². The number of unbranched alkanes of at least 4 members (excludes halogenated alkanes) is 9. The van der Waals surface area contributed by atoms with Gasteiger partial charge >= 0.3 is 19.8 Å². The number of allylic oxidation sites excluding steroid dienone is 38. The minimum absolute atomic E-state index is 0.00900. The molecule has 0 fully saturated rings. The number of esters is 2. The number of likely N-dealkylation sites (N-methyl/N-ethyl adjacent to an activating group) is 1. The summed E-state index contributed by atoms with van der Waals surface area (Å²) in [6, 6.07) is 0. The van der Waals surface area contributed by atoms with E-state index < -0.39 is 32.5 Å². The molecule has 0 rings (SSSR count). The molecule has 0 amide bonds. The highest BCUT2D eigenvalue weighted by Gasteiger charge is 2.27. The van der Waals surface area contributed by atoms with Gasteiger partial charge in [0.05, 0.1) is 27.7 Å². The van der Waals surface area contributed by atoms with Gasteiger partial charge in [0.25, 0.3) is 0 Å². The first-order chi connectivity index (χ1) is 45.0. The van der Waals surface area contributed by atoms with Crippen molar-refractivity contribution in [2.24, 2.45) is 0 Å². The zero-order valence-corrected chi connectivity index (χ0v) is 59.1. The van der Waals surface area contributed by atoms with Gasteiger partial charge in [-0.3, -0.25) is 18.6 Å². The van der Waals surface area contributed by atoms with Crippen LogP contribution in [-0.4, -0.2) is 74.9 Å². The average molecular weight is 1290 g/mol. The van der Waals surface area contributed by atoms with Crippen LogP contribution in [0, 0.1) is 0 Å². The first kappa shape index (κ1) is 86.1. The van der Waals surface area contributed by atoms with E-state index in [1.165, 1.54) is 0 Å². The summed E-state index contributed by atoms with van der Waals surface area (Å²) in [4.78, 5) is 35.9. The molecule has 0 aromatic heterocycles. The van der Waals surface area contributed by atoms with E-state index in [4.69, 9.17) is 18.5 Å². The molecule has 0 aliphatic rings. The Morgan fingerprint density at radius 1 is 0.337 bits per heavy atom. The Labute approximate surface area is 562 Å². The molecule has 0 saturated heterocycles. The molecule has 10 heteroatoms. The molecule has 2 atom stereocenters. The summed E-state index contributed by atoms with van der Waals surface area (Å²) < 4.78 is 34.6. The summed E-state index contributed by atoms with van der Waals surface area (Å²) in [6.45, 7) is 4.11. The Morgan fingerprint density at radius 3 is 0.870 bits per heavy atom. The predicted molar refractivity (Wildman–Crippen MR) is 398 cm³/mol. The summed E-state index contributed by atoms with van der Waals surface area (Å²) in [5, 5.41) is 0. The van der Waals surface area contributed by atoms with E-state index >= 15 is 0 Å². The summed E-state index contributed by atoms with van der Waals surface area (Å²) in [5.74, 6) is -0.870. The molecule has 0 aromatic rings. The van der Waals surface area contributed by atoms with Gasteiger partial charge in [0.15, 0.2) is 6.10 Å². The van der Waals surface area contributed by atoms with E-state index in [2.05, 4.69) is 245 Å². The maximum atomic E-state index is 12.9. The Hall–Kier alpha value is -5.93. The Morgan fingerprint density at radius 2 is 0.587 bits per heavy atom. The largest absolute Gasteiger partial charge is 0.472 e. The van der Waals surface area contributed by atoms with Gasteiger partial charge in [-0.1, -0.05) is 277 Å². The number of phosphoric ester groups is 1. The molecule has 0 aliphatic heterocycles. The highest BCUT2D eigenvalue weighted by Crippen LogP contribution is 2.43. The van der Waals surface area contributed by atoms with Gasteiger partial charge in [-0.15, -0.1) is 0 Å². The van der Waals surface area contributed by atoms with Gasteiger partial charge in [0.2, 0.25) is 0 Å². The van der Waals surface area contributed by atoms with Crippen molar-refractivity contribution in [2.75, 3.05) is 47.5 Å². The Kier molecular flexibility index (Phi) is 64.9. The van der Waals surface area contributed by atoms with Crippen LogP contribution in [0.25, 0.3) is 0 Å². The van der Waals surface area contributed by atoms with Crippen LogP contribution in [0.1, 0.15) is 219 Å². The number of hydrogen-bond donors (Lipinski definition) is 1. The highest BCUT2D eigenvalue weighted by molar-refractivity contribution is 7.47. The quantitative estimate of drug-likeness (QED) is 0.0211. The van der Waals surface area contributed by atoms with Crippen LogP contribution >= 0.6 is 7.82 Å². The number of rotatable bonds is 61. The predicted octanol–water partition coefficient (Wildman–Crippen LogP) is 23.4. The average Bonchev–Trinajstić information content (AvgIpc) is 2.23. The van der Waals surface area contributed by atoms with E-state index in [0.717, 1.165) is 180 Å². The fourth-order valence-electron chi connectivity index (χ4n) is 8.39. The maximum absolute atomic E-state index is 12.9. The number of ether oxygens (including phenoxy) is 2. The summed E-state index contributed by atoms with van der Waals surface area (Å²) >= 11 is 0. The van der Waals surface area contributed by atoms with Crippen molar-refractivity contribution in [2.45, 2.75) is 225 Å². The smallest absolute Gasteiger partial charge is 0.462 e. The second-order valence-corrected chi connectivity index (χ2v) is 24.9. The third-order valence-electron chi connectivity index (χ3n) is 13.7. The first-order valence-corrected chi connectivity index (χ1v) is 36.6. The lowest BCUT2D eigenvalue weighted by molar-refractivity contribution is -0.870. The zero-order valence-electron chi connectivity index (χ0n) is 58.2. The number of phosphoric acid groups is 1. The number of carbonyl (C=O) groups excluding carboxylic acids is 2. The molecule has 0 saturated carbocycles. The van der Waals surface area contributed by atoms with E-state index in [-0.39, 0.29) is 26.1 Å². The fourth-order valence-corrected chi connectivity index (χ4v) is 9.13. The van der Waals surface area contributed by atoms with Gasteiger partial charge in [0.1, 0.15) is 19.8 Å². The SMILES string of the molecule is CC/C=C\C/C=C\C/C=C\C/C=C\C/C=C\C/C=C\C/C=C\C/C=C\C/C=C\C/C=C\C/C=C\C/C=C\CCCCCCC(=O)OC(COC(=O)CCCCCCC/C=C\C/C=C\C/C=C\C/C=C\C/C=C\C/C=C\C/C=C\CC)COP(=O)(O)OCC[N+](C)(C)C. The van der Waals surface area contributed by atoms with E-state index in [9.17, 15) is 19.0 Å². The second-order valence-electron chi connectivity index (χ2n) is 23.4. The molecule has 0 radical (unpaired) electrons. The van der Waals surface area contributed by atoms with Gasteiger partial charge < -0.3 is 18.9 Å². The summed E-state index contributed by atoms with van der Waals surface area (Å²) in [5.41, 5.74) is 0. The van der Waals surface area contributed by atoms with Crippen LogP contribution < -0.4 is 0 Å². The topological polar surface area (TPSA) is 108 Å². The van der Waals surface area contributed by atoms with Crippen LogP contribution in [0.2, 0.25) is 0 Å². The normalized spacial score (nSPS) is 14.5. The van der Waals surface area contributed by atoms with Crippen LogP contribution in [0.5, 0.6) is 0 Å². The molecule has 0 bridgehead atoms. The van der Waals surface area contributed by atoms with Crippen LogP contribution in [0.3, 0.4) is 0 Å². The standard InChI is InChI=1S/C82H126NO8P/c1-6-8-10-12-14-16-18-20-22-24-26-28-30-32-34-35-36-37-38-39-40-41-42-43-44-45-46-47-49-51-53-55-57-59-61-63-65-67-69-71-73-75-82(85)91-80(79-90-92(86,87)89-77-76-83(3,4)5)78-88-81(84)74-72-70-68-66-64-62-60-58-56-54-52-50-48-33-31-29-27-25-23-21-19-17-15-13-11-9-7-2/h8-11,14-17,20-23,26-29,32-34,36-37,39-40,42-43,45-46,48-49,51-52,54-55,57-58,60-61,63,80H,6-7,12-13,18-19,24-25,30-31,35,38,41,44,47,50,53,56,59,62,64-79H2,1-5H3/p+1/b10-8-,11-9-,16-14-,17-15-,22-20-,23-21-,28-26-,29-27-,34-32-,37-36-,40-39-,43-42-,46-45-,48-33-,51-49-,54-52-,57-55-,60-58-,63-61-. The number of quaternary nitrogens is 1. The van der Waals surface area contributed by atoms with Crippen molar-refractivity contribution in [3.05, 3.63) is 231 Å². The minimum atomic E-state index is -4.42. The Balaban J connectivity index is 4.25. The molecule has 92 heavy (non-hydrogen) atoms. The summed E-state index contributed by atoms with van der Waals surface area (Å²) in [6.07, 6.45) is 113. The van der Waals surface area contributed by atoms with E-state index in [1.54, 1.807) is 0 Å². The summed E-state index contributed by atoms with van der Waals surface area (Å²) in [7, 11) is 1.41. The molecule has 9 nitrogen and oxygen atoms in total. The van der Waals surface area contributed by atoms with Crippen LogP contribution in [0.15, 0.2) is 231 Å². The number of hydrogen-bond acceptors (Lipinski definition) is 7. The molecule has 0 aromatic carbocycles. The first-order valence-electron chi connectivity index (χ1n) is 35.1. The van der Waals surface area contributed by atoms with Crippen molar-refractivity contribution in [1.82, 2.24) is 0 Å². The lowest BCUT2D eigenvalue weighted by atomic mass is 10.1. The van der Waals surface area contributed by atoms with Gasteiger partial charge in [-0.2, -0.15) is 0 Å². The number of carbonyl (C=O) groups is 2. The van der Waals surface area contributed by atoms with Gasteiger partial charge in [0, 0.05) is 12.8 Å². The third kappa shape index (κ3) is 73.1. The molecular formula is C82H127NO8P+. The van der Waals surface area contributed by atoms with Crippen molar-refractivity contribution in [1.29, 1.82) is 0 Å². The van der Waals surface area contributed by atoms with Crippen molar-refractivity contribution >= 4 is 19.8 Å². The molecule has 0 aliphatic carbocycles. The van der Waals surface area contributed by atoms with Crippen molar-refractivity contribution in [3.63, 3.8) is 0 Å². The van der Waals surface area contributed by atoms with E-state index in [1.807, 2.05) is 21.1 Å². The highest BCUT2D eigenvalue weighted by atomic mass is 31.2. The van der Waals surface area contributed by atoms with Crippen LogP contribution in [-0.2, 0) is 32.7 Å². The molecule has 512 valence electrons. The third-order valence-corrected chi connectivity index (χ3v) is 14.7. The van der Waals surface area contributed by atoms with Gasteiger partial charge in [-0.25, -0.2) is 4.57 Å². The minimum Gasteiger partial charge on any atom is -0.462 e. The second kappa shape index (κ2) is 69.4. The molecule has 2 unspecified atom stereocenters.